The molecule has 0 unspecified atom stereocenters. The summed E-state index contributed by atoms with van der Waals surface area (Å²) in [6.45, 7) is 1.90. The fourth-order valence-electron chi connectivity index (χ4n) is 2.83. The van der Waals surface area contributed by atoms with Crippen molar-refractivity contribution in [1.82, 2.24) is 15.2 Å². The van der Waals surface area contributed by atoms with E-state index < -0.39 is 9.84 Å². The third kappa shape index (κ3) is 3.56. The van der Waals surface area contributed by atoms with E-state index in [2.05, 4.69) is 15.2 Å². The molecule has 0 fully saturated rings. The minimum absolute atomic E-state index is 0.179. The van der Waals surface area contributed by atoms with Gasteiger partial charge in [-0.25, -0.2) is 13.4 Å². The first-order valence-corrected chi connectivity index (χ1v) is 10.7. The number of Topliss-reactive ketones (excluding diaryl/α,β-unsaturated/α-hetero) is 1. The first-order chi connectivity index (χ1) is 13.4. The maximum atomic E-state index is 12.9. The molecular formula is C20H15N3O3S2. The molecule has 3 aromatic rings. The number of benzene rings is 2. The summed E-state index contributed by atoms with van der Waals surface area (Å²) >= 11 is 1.12. The van der Waals surface area contributed by atoms with Crippen LogP contribution in [0.4, 0.5) is 0 Å². The molecule has 1 aliphatic rings. The molecule has 0 aliphatic heterocycles. The Bertz CT molecular complexity index is 1210. The predicted octanol–water partition coefficient (Wildman–Crippen LogP) is 3.80. The number of aromatic nitrogens is 3. The van der Waals surface area contributed by atoms with Crippen LogP contribution < -0.4 is 0 Å². The second kappa shape index (κ2) is 7.21. The summed E-state index contributed by atoms with van der Waals surface area (Å²) in [6.07, 6.45) is 2.94. The number of sulfone groups is 1. The van der Waals surface area contributed by atoms with Crippen LogP contribution in [0.25, 0.3) is 5.57 Å². The predicted molar refractivity (Wildman–Crippen MR) is 107 cm³/mol. The molecular weight excluding hydrogens is 394 g/mol. The lowest BCUT2D eigenvalue weighted by Gasteiger charge is -2.17. The number of aromatic amines is 1. The Kier molecular flexibility index (Phi) is 4.74. The molecule has 8 heteroatoms. The standard InChI is InChI=1S/C20H15N3O3S2/c1-13-6-8-15(9-7-13)28(25,26)11-14-10-18(27-20-21-12-22-23-20)19(24)17-5-3-2-4-16(14)17/h2-12H,1H3,(H,21,22,23)/b14-11+. The van der Waals surface area contributed by atoms with E-state index in [4.69, 9.17) is 0 Å². The van der Waals surface area contributed by atoms with Crippen LogP contribution in [0.2, 0.25) is 0 Å². The monoisotopic (exact) mass is 409 g/mol. The number of carbonyl (C=O) groups excluding carboxylic acids is 1. The first kappa shape index (κ1) is 18.4. The van der Waals surface area contributed by atoms with Crippen molar-refractivity contribution in [3.8, 4) is 0 Å². The zero-order chi connectivity index (χ0) is 19.7. The lowest BCUT2D eigenvalue weighted by molar-refractivity contribution is 0.104. The molecule has 140 valence electrons. The fourth-order valence-corrected chi connectivity index (χ4v) is 4.81. The average molecular weight is 409 g/mol. The minimum atomic E-state index is -3.69. The van der Waals surface area contributed by atoms with Crippen molar-refractivity contribution < 1.29 is 13.2 Å². The van der Waals surface area contributed by atoms with E-state index in [0.717, 1.165) is 17.3 Å². The number of thioether (sulfide) groups is 1. The van der Waals surface area contributed by atoms with Gasteiger partial charge in [-0.3, -0.25) is 9.89 Å². The van der Waals surface area contributed by atoms with Crippen LogP contribution in [0.5, 0.6) is 0 Å². The van der Waals surface area contributed by atoms with Crippen molar-refractivity contribution in [2.45, 2.75) is 17.0 Å². The molecule has 4 rings (SSSR count). The van der Waals surface area contributed by atoms with Gasteiger partial charge in [-0.15, -0.1) is 0 Å². The van der Waals surface area contributed by atoms with Gasteiger partial charge in [-0.05, 0) is 48.0 Å². The number of ketones is 1. The van der Waals surface area contributed by atoms with E-state index in [9.17, 15) is 13.2 Å². The van der Waals surface area contributed by atoms with Crippen LogP contribution in [-0.2, 0) is 9.84 Å². The maximum Gasteiger partial charge on any atom is 0.200 e. The van der Waals surface area contributed by atoms with Gasteiger partial charge in [-0.2, -0.15) is 5.10 Å². The van der Waals surface area contributed by atoms with E-state index in [1.807, 2.05) is 6.92 Å². The van der Waals surface area contributed by atoms with Crippen molar-refractivity contribution >= 4 is 33.0 Å². The largest absolute Gasteiger partial charge is 0.288 e. The number of allylic oxidation sites excluding steroid dienone is 3. The summed E-state index contributed by atoms with van der Waals surface area (Å²) in [7, 11) is -3.69. The van der Waals surface area contributed by atoms with Crippen molar-refractivity contribution in [1.29, 1.82) is 0 Å². The molecule has 0 atom stereocenters. The Morgan fingerprint density at radius 1 is 1.04 bits per heavy atom. The highest BCUT2D eigenvalue weighted by molar-refractivity contribution is 8.03. The number of hydrogen-bond acceptors (Lipinski definition) is 6. The average Bonchev–Trinajstić information content (AvgIpc) is 3.19. The molecule has 0 amide bonds. The third-order valence-corrected chi connectivity index (χ3v) is 6.63. The molecule has 2 aromatic carbocycles. The number of hydrogen-bond donors (Lipinski definition) is 1. The highest BCUT2D eigenvalue weighted by Crippen LogP contribution is 2.37. The van der Waals surface area contributed by atoms with E-state index in [0.29, 0.717) is 26.8 Å². The Labute approximate surface area is 166 Å². The molecule has 1 aromatic heterocycles. The number of H-pyrrole nitrogens is 1. The summed E-state index contributed by atoms with van der Waals surface area (Å²) < 4.78 is 25.8. The Morgan fingerprint density at radius 2 is 1.75 bits per heavy atom. The molecule has 0 bridgehead atoms. The van der Waals surface area contributed by atoms with Gasteiger partial charge in [0.05, 0.1) is 9.80 Å². The van der Waals surface area contributed by atoms with Gasteiger partial charge in [-0.1, -0.05) is 42.0 Å². The number of nitrogens with one attached hydrogen (secondary N) is 1. The normalized spacial score (nSPS) is 15.4. The van der Waals surface area contributed by atoms with Gasteiger partial charge in [0.1, 0.15) is 6.33 Å². The topological polar surface area (TPSA) is 92.8 Å². The molecule has 0 saturated heterocycles. The first-order valence-electron chi connectivity index (χ1n) is 8.36. The summed E-state index contributed by atoms with van der Waals surface area (Å²) in [4.78, 5) is 17.4. The molecule has 1 heterocycles. The molecule has 28 heavy (non-hydrogen) atoms. The Balaban J connectivity index is 1.82. The van der Waals surface area contributed by atoms with Crippen molar-refractivity contribution in [2.24, 2.45) is 0 Å². The quantitative estimate of drug-likeness (QED) is 0.705. The van der Waals surface area contributed by atoms with E-state index in [1.54, 1.807) is 54.6 Å². The molecule has 0 saturated carbocycles. The number of aryl methyl sites for hydroxylation is 1. The number of carbonyl (C=O) groups is 1. The van der Waals surface area contributed by atoms with E-state index in [1.165, 1.54) is 11.7 Å². The lowest BCUT2D eigenvalue weighted by atomic mass is 9.92. The minimum Gasteiger partial charge on any atom is -0.288 e. The van der Waals surface area contributed by atoms with Crippen molar-refractivity contribution in [2.75, 3.05) is 0 Å². The van der Waals surface area contributed by atoms with Crippen LogP contribution in [0.15, 0.2) is 81.3 Å². The van der Waals surface area contributed by atoms with Crippen LogP contribution in [-0.4, -0.2) is 29.4 Å². The zero-order valence-electron chi connectivity index (χ0n) is 14.8. The number of fused-ring (bicyclic) bond motifs is 1. The molecule has 1 aliphatic carbocycles. The molecule has 6 nitrogen and oxygen atoms in total. The van der Waals surface area contributed by atoms with Crippen LogP contribution in [0, 0.1) is 6.92 Å². The summed E-state index contributed by atoms with van der Waals surface area (Å²) in [6, 6.07) is 13.6. The number of rotatable bonds is 4. The number of nitrogens with zero attached hydrogens (tertiary/aromatic N) is 2. The van der Waals surface area contributed by atoms with Gasteiger partial charge in [0.2, 0.25) is 0 Å². The summed E-state index contributed by atoms with van der Waals surface area (Å²) in [5.41, 5.74) is 2.48. The highest BCUT2D eigenvalue weighted by atomic mass is 32.2. The van der Waals surface area contributed by atoms with Gasteiger partial charge in [0.15, 0.2) is 20.8 Å². The van der Waals surface area contributed by atoms with Gasteiger partial charge in [0.25, 0.3) is 0 Å². The van der Waals surface area contributed by atoms with Gasteiger partial charge < -0.3 is 0 Å². The Hall–Kier alpha value is -2.97. The van der Waals surface area contributed by atoms with E-state index >= 15 is 0 Å². The van der Waals surface area contributed by atoms with Crippen LogP contribution >= 0.6 is 11.8 Å². The molecule has 0 radical (unpaired) electrons. The third-order valence-electron chi connectivity index (χ3n) is 4.22. The second-order valence-corrected chi connectivity index (χ2v) is 9.04. The summed E-state index contributed by atoms with van der Waals surface area (Å²) in [5, 5.41) is 8.14. The van der Waals surface area contributed by atoms with Gasteiger partial charge >= 0.3 is 0 Å². The smallest absolute Gasteiger partial charge is 0.200 e. The molecule has 0 spiro atoms. The zero-order valence-corrected chi connectivity index (χ0v) is 16.4. The second-order valence-electron chi connectivity index (χ2n) is 6.21. The fraction of sp³-hybridized carbons (Fsp3) is 0.0500. The highest BCUT2D eigenvalue weighted by Gasteiger charge is 2.26. The van der Waals surface area contributed by atoms with E-state index in [-0.39, 0.29) is 10.7 Å². The SMILES string of the molecule is Cc1ccc(S(=O)(=O)/C=C2\C=C(Sc3ncn[nH]3)C(=O)c3ccccc32)cc1. The Morgan fingerprint density at radius 3 is 2.43 bits per heavy atom. The maximum absolute atomic E-state index is 12.9. The summed E-state index contributed by atoms with van der Waals surface area (Å²) in [5.74, 6) is -0.179. The van der Waals surface area contributed by atoms with Crippen LogP contribution in [0.1, 0.15) is 21.5 Å². The van der Waals surface area contributed by atoms with Crippen LogP contribution in [0.3, 0.4) is 0 Å². The van der Waals surface area contributed by atoms with Crippen molar-refractivity contribution in [3.05, 3.63) is 87.9 Å². The van der Waals surface area contributed by atoms with Crippen molar-refractivity contribution in [3.63, 3.8) is 0 Å². The van der Waals surface area contributed by atoms with Gasteiger partial charge in [0, 0.05) is 11.0 Å². The lowest BCUT2D eigenvalue weighted by Crippen LogP contribution is -2.11. The molecule has 1 N–H and O–H groups in total.